The first-order valence-electron chi connectivity index (χ1n) is 6.83. The summed E-state index contributed by atoms with van der Waals surface area (Å²) < 4.78 is 2.15. The van der Waals surface area contributed by atoms with E-state index in [1.807, 2.05) is 32.1 Å². The highest BCUT2D eigenvalue weighted by Crippen LogP contribution is 2.29. The maximum Gasteiger partial charge on any atom is 0.336 e. The van der Waals surface area contributed by atoms with Crippen LogP contribution in [0.3, 0.4) is 0 Å². The average molecular weight is 274 g/mol. The SMILES string of the molecule is Cc1cn(C(C)C)c2cc(CN(C)C)cc(C(=O)O)c12. The Morgan fingerprint density at radius 1 is 1.35 bits per heavy atom. The summed E-state index contributed by atoms with van der Waals surface area (Å²) >= 11 is 0. The molecule has 2 rings (SSSR count). The molecule has 0 fully saturated rings. The topological polar surface area (TPSA) is 45.5 Å². The van der Waals surface area contributed by atoms with Crippen LogP contribution in [0.5, 0.6) is 0 Å². The lowest BCUT2D eigenvalue weighted by atomic mass is 10.0. The maximum absolute atomic E-state index is 11.6. The van der Waals surface area contributed by atoms with E-state index in [4.69, 9.17) is 0 Å². The highest BCUT2D eigenvalue weighted by atomic mass is 16.4. The summed E-state index contributed by atoms with van der Waals surface area (Å²) in [6, 6.07) is 4.21. The maximum atomic E-state index is 11.6. The Morgan fingerprint density at radius 3 is 2.50 bits per heavy atom. The number of nitrogens with zero attached hydrogens (tertiary/aromatic N) is 2. The summed E-state index contributed by atoms with van der Waals surface area (Å²) in [6.45, 7) is 6.92. The van der Waals surface area contributed by atoms with Crippen LogP contribution in [0.25, 0.3) is 10.9 Å². The molecule has 1 aromatic heterocycles. The largest absolute Gasteiger partial charge is 0.478 e. The molecule has 0 unspecified atom stereocenters. The van der Waals surface area contributed by atoms with Crippen molar-refractivity contribution in [3.8, 4) is 0 Å². The van der Waals surface area contributed by atoms with Gasteiger partial charge in [0.15, 0.2) is 0 Å². The number of carboxylic acid groups (broad SMARTS) is 1. The summed E-state index contributed by atoms with van der Waals surface area (Å²) in [6.07, 6.45) is 2.04. The number of fused-ring (bicyclic) bond motifs is 1. The predicted octanol–water partition coefficient (Wildman–Crippen LogP) is 3.29. The predicted molar refractivity (Wildman–Crippen MR) is 81.4 cm³/mol. The second-order valence-electron chi connectivity index (χ2n) is 5.89. The van der Waals surface area contributed by atoms with Crippen molar-refractivity contribution < 1.29 is 9.90 Å². The van der Waals surface area contributed by atoms with Crippen LogP contribution in [-0.4, -0.2) is 34.6 Å². The van der Waals surface area contributed by atoms with Crippen LogP contribution in [0.15, 0.2) is 18.3 Å². The highest BCUT2D eigenvalue weighted by molar-refractivity contribution is 6.05. The van der Waals surface area contributed by atoms with E-state index in [0.29, 0.717) is 11.6 Å². The third-order valence-electron chi connectivity index (χ3n) is 3.47. The Labute approximate surface area is 119 Å². The van der Waals surface area contributed by atoms with E-state index in [1.165, 1.54) is 0 Å². The van der Waals surface area contributed by atoms with E-state index < -0.39 is 5.97 Å². The van der Waals surface area contributed by atoms with Gasteiger partial charge in [0.1, 0.15) is 0 Å². The van der Waals surface area contributed by atoms with Gasteiger partial charge in [0, 0.05) is 29.7 Å². The molecule has 0 aliphatic rings. The molecule has 2 aromatic rings. The Bertz CT molecular complexity index is 654. The van der Waals surface area contributed by atoms with Crippen LogP contribution in [-0.2, 0) is 6.54 Å². The zero-order valence-electron chi connectivity index (χ0n) is 12.8. The Balaban J connectivity index is 2.77. The third kappa shape index (κ3) is 2.56. The molecule has 0 saturated heterocycles. The van der Waals surface area contributed by atoms with Gasteiger partial charge in [0.25, 0.3) is 0 Å². The number of rotatable bonds is 4. The number of hydrogen-bond acceptors (Lipinski definition) is 2. The first-order valence-corrected chi connectivity index (χ1v) is 6.83. The fraction of sp³-hybridized carbons (Fsp3) is 0.438. The van der Waals surface area contributed by atoms with Gasteiger partial charge in [0.05, 0.1) is 5.56 Å². The van der Waals surface area contributed by atoms with Crippen LogP contribution < -0.4 is 0 Å². The minimum absolute atomic E-state index is 0.308. The zero-order valence-corrected chi connectivity index (χ0v) is 12.8. The summed E-state index contributed by atoms with van der Waals surface area (Å²) in [5, 5.41) is 10.3. The molecule has 1 aromatic carbocycles. The molecule has 4 heteroatoms. The summed E-state index contributed by atoms with van der Waals surface area (Å²) in [5.74, 6) is -0.861. The number of aryl methyl sites for hydroxylation is 1. The summed E-state index contributed by atoms with van der Waals surface area (Å²) in [7, 11) is 3.97. The van der Waals surface area contributed by atoms with Crippen molar-refractivity contribution in [2.24, 2.45) is 0 Å². The minimum atomic E-state index is -0.861. The van der Waals surface area contributed by atoms with E-state index in [-0.39, 0.29) is 0 Å². The Morgan fingerprint density at radius 2 is 2.00 bits per heavy atom. The molecule has 20 heavy (non-hydrogen) atoms. The molecule has 0 amide bonds. The number of hydrogen-bond donors (Lipinski definition) is 1. The van der Waals surface area contributed by atoms with Crippen LogP contribution in [0.2, 0.25) is 0 Å². The lowest BCUT2D eigenvalue weighted by Crippen LogP contribution is -2.12. The van der Waals surface area contributed by atoms with E-state index in [1.54, 1.807) is 6.07 Å². The Kier molecular flexibility index (Phi) is 3.86. The minimum Gasteiger partial charge on any atom is -0.478 e. The smallest absolute Gasteiger partial charge is 0.336 e. The highest BCUT2D eigenvalue weighted by Gasteiger charge is 2.17. The molecular formula is C16H22N2O2. The fourth-order valence-corrected chi connectivity index (χ4v) is 2.70. The van der Waals surface area contributed by atoms with Crippen molar-refractivity contribution >= 4 is 16.9 Å². The van der Waals surface area contributed by atoms with Gasteiger partial charge in [-0.25, -0.2) is 4.79 Å². The molecule has 4 nitrogen and oxygen atoms in total. The Hall–Kier alpha value is -1.81. The molecular weight excluding hydrogens is 252 g/mol. The van der Waals surface area contributed by atoms with Crippen LogP contribution in [0.1, 0.15) is 41.4 Å². The lowest BCUT2D eigenvalue weighted by molar-refractivity contribution is 0.0699. The third-order valence-corrected chi connectivity index (χ3v) is 3.47. The van der Waals surface area contributed by atoms with Crippen LogP contribution in [0.4, 0.5) is 0 Å². The van der Waals surface area contributed by atoms with Gasteiger partial charge in [-0.2, -0.15) is 0 Å². The van der Waals surface area contributed by atoms with Crippen molar-refractivity contribution in [3.05, 3.63) is 35.0 Å². The van der Waals surface area contributed by atoms with Crippen molar-refractivity contribution in [2.45, 2.75) is 33.4 Å². The lowest BCUT2D eigenvalue weighted by Gasteiger charge is -2.14. The second-order valence-corrected chi connectivity index (χ2v) is 5.89. The fourth-order valence-electron chi connectivity index (χ4n) is 2.70. The first kappa shape index (κ1) is 14.6. The number of carboxylic acids is 1. The number of carbonyl (C=O) groups is 1. The summed E-state index contributed by atoms with van der Waals surface area (Å²) in [5.41, 5.74) is 3.45. The van der Waals surface area contributed by atoms with Crippen molar-refractivity contribution in [1.29, 1.82) is 0 Å². The first-order chi connectivity index (χ1) is 9.31. The van der Waals surface area contributed by atoms with Gasteiger partial charge in [-0.1, -0.05) is 0 Å². The normalized spacial score (nSPS) is 11.8. The molecule has 1 heterocycles. The molecule has 0 saturated carbocycles. The standard InChI is InChI=1S/C16H22N2O2/c1-10(2)18-8-11(3)15-13(16(19)20)6-12(7-14(15)18)9-17(4)5/h6-8,10H,9H2,1-5H3,(H,19,20). The summed E-state index contributed by atoms with van der Waals surface area (Å²) in [4.78, 5) is 13.6. The van der Waals surface area contributed by atoms with Gasteiger partial charge < -0.3 is 14.6 Å². The molecule has 1 N–H and O–H groups in total. The molecule has 0 aliphatic heterocycles. The molecule has 0 radical (unpaired) electrons. The molecule has 0 aliphatic carbocycles. The van der Waals surface area contributed by atoms with E-state index >= 15 is 0 Å². The van der Waals surface area contributed by atoms with Crippen molar-refractivity contribution in [3.63, 3.8) is 0 Å². The van der Waals surface area contributed by atoms with Crippen LogP contribution in [0, 0.1) is 6.92 Å². The van der Waals surface area contributed by atoms with Gasteiger partial charge in [-0.05, 0) is 58.1 Å². The van der Waals surface area contributed by atoms with E-state index in [9.17, 15) is 9.90 Å². The average Bonchev–Trinajstić information content (AvgIpc) is 2.65. The van der Waals surface area contributed by atoms with Gasteiger partial charge in [-0.3, -0.25) is 0 Å². The number of aromatic carboxylic acids is 1. The second kappa shape index (κ2) is 5.29. The molecule has 0 bridgehead atoms. The van der Waals surface area contributed by atoms with E-state index in [0.717, 1.165) is 28.6 Å². The monoisotopic (exact) mass is 274 g/mol. The van der Waals surface area contributed by atoms with E-state index in [2.05, 4.69) is 24.5 Å². The van der Waals surface area contributed by atoms with Gasteiger partial charge in [0.2, 0.25) is 0 Å². The van der Waals surface area contributed by atoms with Crippen LogP contribution >= 0.6 is 0 Å². The number of benzene rings is 1. The van der Waals surface area contributed by atoms with Crippen molar-refractivity contribution in [2.75, 3.05) is 14.1 Å². The van der Waals surface area contributed by atoms with Crippen molar-refractivity contribution in [1.82, 2.24) is 9.47 Å². The number of aromatic nitrogens is 1. The molecule has 0 atom stereocenters. The van der Waals surface area contributed by atoms with Gasteiger partial charge in [-0.15, -0.1) is 0 Å². The quantitative estimate of drug-likeness (QED) is 0.930. The molecule has 0 spiro atoms. The zero-order chi connectivity index (χ0) is 15.0. The van der Waals surface area contributed by atoms with Gasteiger partial charge >= 0.3 is 5.97 Å². The molecule has 108 valence electrons.